The van der Waals surface area contributed by atoms with E-state index in [1.54, 1.807) is 12.1 Å². The van der Waals surface area contributed by atoms with Gasteiger partial charge in [0, 0.05) is 18.3 Å². The van der Waals surface area contributed by atoms with E-state index in [9.17, 15) is 8.42 Å². The molecule has 1 fully saturated rings. The monoisotopic (exact) mass is 296 g/mol. The van der Waals surface area contributed by atoms with Gasteiger partial charge < -0.3 is 5.32 Å². The van der Waals surface area contributed by atoms with E-state index in [1.165, 1.54) is 12.8 Å². The van der Waals surface area contributed by atoms with Crippen LogP contribution in [-0.2, 0) is 10.0 Å². The van der Waals surface area contributed by atoms with Crippen molar-refractivity contribution in [1.82, 2.24) is 4.72 Å². The van der Waals surface area contributed by atoms with E-state index >= 15 is 0 Å². The van der Waals surface area contributed by atoms with E-state index in [4.69, 9.17) is 0 Å². The minimum atomic E-state index is -3.39. The Kier molecular flexibility index (Phi) is 5.43. The zero-order chi connectivity index (χ0) is 14.4. The third-order valence-electron chi connectivity index (χ3n) is 3.72. The minimum absolute atomic E-state index is 0.0935. The third-order valence-corrected chi connectivity index (χ3v) is 5.26. The van der Waals surface area contributed by atoms with E-state index < -0.39 is 10.0 Å². The van der Waals surface area contributed by atoms with Crippen molar-refractivity contribution in [2.24, 2.45) is 0 Å². The summed E-state index contributed by atoms with van der Waals surface area (Å²) < 4.78 is 27.6. The molecule has 20 heavy (non-hydrogen) atoms. The van der Waals surface area contributed by atoms with E-state index in [0.29, 0.717) is 4.90 Å². The lowest BCUT2D eigenvalue weighted by Crippen LogP contribution is -2.34. The summed E-state index contributed by atoms with van der Waals surface area (Å²) in [5.41, 5.74) is 0.945. The van der Waals surface area contributed by atoms with Gasteiger partial charge in [-0.15, -0.1) is 0 Å². The second kappa shape index (κ2) is 7.09. The van der Waals surface area contributed by atoms with Crippen molar-refractivity contribution in [3.05, 3.63) is 24.3 Å². The summed E-state index contributed by atoms with van der Waals surface area (Å²) in [5.74, 6) is 0. The number of rotatable bonds is 5. The lowest BCUT2D eigenvalue weighted by atomic mass is 10.1. The molecule has 0 heterocycles. The van der Waals surface area contributed by atoms with E-state index in [1.807, 2.05) is 19.1 Å². The molecule has 0 radical (unpaired) electrons. The maximum absolute atomic E-state index is 12.4. The molecule has 0 aliphatic heterocycles. The Labute approximate surface area is 122 Å². The van der Waals surface area contributed by atoms with Crippen molar-refractivity contribution < 1.29 is 8.42 Å². The average Bonchev–Trinajstić information content (AvgIpc) is 2.68. The van der Waals surface area contributed by atoms with Gasteiger partial charge >= 0.3 is 0 Å². The van der Waals surface area contributed by atoms with Crippen LogP contribution in [0.5, 0.6) is 0 Å². The molecule has 2 rings (SSSR count). The lowest BCUT2D eigenvalue weighted by molar-refractivity contribution is 0.510. The summed E-state index contributed by atoms with van der Waals surface area (Å²) in [6, 6.07) is 7.04. The van der Waals surface area contributed by atoms with Crippen molar-refractivity contribution in [3.8, 4) is 0 Å². The zero-order valence-corrected chi connectivity index (χ0v) is 12.9. The highest BCUT2D eigenvalue weighted by molar-refractivity contribution is 7.89. The summed E-state index contributed by atoms with van der Waals surface area (Å²) in [6.07, 6.45) is 6.58. The van der Waals surface area contributed by atoms with Crippen molar-refractivity contribution in [1.29, 1.82) is 0 Å². The van der Waals surface area contributed by atoms with Crippen LogP contribution in [0.4, 0.5) is 5.69 Å². The van der Waals surface area contributed by atoms with E-state index in [0.717, 1.165) is 37.9 Å². The fourth-order valence-electron chi connectivity index (χ4n) is 2.64. The van der Waals surface area contributed by atoms with Gasteiger partial charge in [-0.3, -0.25) is 0 Å². The molecule has 1 saturated carbocycles. The third kappa shape index (κ3) is 4.21. The second-order valence-corrected chi connectivity index (χ2v) is 7.08. The van der Waals surface area contributed by atoms with Crippen LogP contribution in [0.3, 0.4) is 0 Å². The average molecular weight is 296 g/mol. The Balaban J connectivity index is 2.05. The molecule has 0 saturated heterocycles. The van der Waals surface area contributed by atoms with Crippen molar-refractivity contribution in [3.63, 3.8) is 0 Å². The van der Waals surface area contributed by atoms with E-state index in [-0.39, 0.29) is 6.04 Å². The van der Waals surface area contributed by atoms with E-state index in [2.05, 4.69) is 10.0 Å². The smallest absolute Gasteiger partial charge is 0.240 e. The molecule has 0 aromatic heterocycles. The van der Waals surface area contributed by atoms with Crippen LogP contribution in [0.25, 0.3) is 0 Å². The Morgan fingerprint density at radius 2 is 1.65 bits per heavy atom. The number of nitrogens with one attached hydrogen (secondary N) is 2. The molecule has 1 aromatic carbocycles. The maximum Gasteiger partial charge on any atom is 0.240 e. The molecule has 4 nitrogen and oxygen atoms in total. The topological polar surface area (TPSA) is 58.2 Å². The van der Waals surface area contributed by atoms with Gasteiger partial charge in [-0.25, -0.2) is 13.1 Å². The van der Waals surface area contributed by atoms with Crippen LogP contribution in [0.15, 0.2) is 29.2 Å². The summed E-state index contributed by atoms with van der Waals surface area (Å²) in [4.78, 5) is 0.350. The number of anilines is 1. The normalized spacial score (nSPS) is 17.6. The number of hydrogen-bond donors (Lipinski definition) is 2. The molecule has 112 valence electrons. The van der Waals surface area contributed by atoms with Crippen molar-refractivity contribution in [2.45, 2.75) is 56.4 Å². The second-order valence-electron chi connectivity index (χ2n) is 5.36. The summed E-state index contributed by atoms with van der Waals surface area (Å²) >= 11 is 0. The maximum atomic E-state index is 12.4. The van der Waals surface area contributed by atoms with Gasteiger partial charge in [0.05, 0.1) is 4.90 Å². The van der Waals surface area contributed by atoms with Gasteiger partial charge in [-0.1, -0.05) is 25.7 Å². The number of hydrogen-bond acceptors (Lipinski definition) is 3. The standard InChI is InChI=1S/C15H24N2O2S/c1-2-16-13-9-11-15(12-10-13)20(18,19)17-14-7-5-3-4-6-8-14/h9-12,14,16-17H,2-8H2,1H3. The molecule has 5 heteroatoms. The molecule has 0 bridgehead atoms. The fraction of sp³-hybridized carbons (Fsp3) is 0.600. The van der Waals surface area contributed by atoms with Gasteiger partial charge in [0.1, 0.15) is 0 Å². The number of sulfonamides is 1. The van der Waals surface area contributed by atoms with Crippen LogP contribution in [0.1, 0.15) is 45.4 Å². The van der Waals surface area contributed by atoms with Crippen molar-refractivity contribution >= 4 is 15.7 Å². The summed E-state index contributed by atoms with van der Waals surface area (Å²) in [7, 11) is -3.39. The van der Waals surface area contributed by atoms with Gasteiger partial charge in [0.25, 0.3) is 0 Å². The highest BCUT2D eigenvalue weighted by Crippen LogP contribution is 2.20. The van der Waals surface area contributed by atoms with Crippen LogP contribution in [0.2, 0.25) is 0 Å². The molecular weight excluding hydrogens is 272 g/mol. The Morgan fingerprint density at radius 1 is 1.05 bits per heavy atom. The Morgan fingerprint density at radius 3 is 2.20 bits per heavy atom. The molecule has 2 N–H and O–H groups in total. The van der Waals surface area contributed by atoms with Crippen LogP contribution >= 0.6 is 0 Å². The van der Waals surface area contributed by atoms with Crippen molar-refractivity contribution in [2.75, 3.05) is 11.9 Å². The van der Waals surface area contributed by atoms with Crippen LogP contribution < -0.4 is 10.0 Å². The first kappa shape index (κ1) is 15.3. The van der Waals surface area contributed by atoms with Gasteiger partial charge in [-0.2, -0.15) is 0 Å². The minimum Gasteiger partial charge on any atom is -0.385 e. The highest BCUT2D eigenvalue weighted by atomic mass is 32.2. The number of benzene rings is 1. The predicted octanol–water partition coefficient (Wildman–Crippen LogP) is 3.12. The molecule has 0 unspecified atom stereocenters. The molecule has 0 amide bonds. The zero-order valence-electron chi connectivity index (χ0n) is 12.1. The molecular formula is C15H24N2O2S. The first-order chi connectivity index (χ1) is 9.62. The Hall–Kier alpha value is -1.07. The first-order valence-corrected chi connectivity index (χ1v) is 8.96. The molecule has 1 aromatic rings. The highest BCUT2D eigenvalue weighted by Gasteiger charge is 2.20. The summed E-state index contributed by atoms with van der Waals surface area (Å²) in [5, 5.41) is 3.16. The first-order valence-electron chi connectivity index (χ1n) is 7.48. The largest absolute Gasteiger partial charge is 0.385 e. The Bertz CT molecular complexity index is 503. The quantitative estimate of drug-likeness (QED) is 0.821. The lowest BCUT2D eigenvalue weighted by Gasteiger charge is -2.16. The molecule has 0 atom stereocenters. The van der Waals surface area contributed by atoms with Gasteiger partial charge in [0.2, 0.25) is 10.0 Å². The van der Waals surface area contributed by atoms with Crippen LogP contribution in [0, 0.1) is 0 Å². The molecule has 1 aliphatic rings. The fourth-order valence-corrected chi connectivity index (χ4v) is 3.95. The SMILES string of the molecule is CCNc1ccc(S(=O)(=O)NC2CCCCCC2)cc1. The van der Waals surface area contributed by atoms with Gasteiger partial charge in [0.15, 0.2) is 0 Å². The predicted molar refractivity (Wildman–Crippen MR) is 82.4 cm³/mol. The van der Waals surface area contributed by atoms with Crippen LogP contribution in [-0.4, -0.2) is 21.0 Å². The van der Waals surface area contributed by atoms with Gasteiger partial charge in [-0.05, 0) is 44.0 Å². The molecule has 1 aliphatic carbocycles. The summed E-state index contributed by atoms with van der Waals surface area (Å²) in [6.45, 7) is 2.84. The molecule has 0 spiro atoms.